The molecule has 4 N–H and O–H groups in total. The zero-order valence-corrected chi connectivity index (χ0v) is 15.5. The van der Waals surface area contributed by atoms with Crippen molar-refractivity contribution in [3.8, 4) is 5.75 Å². The monoisotopic (exact) mass is 371 g/mol. The number of nitrogen functional groups attached to an aromatic ring is 1. The van der Waals surface area contributed by atoms with Gasteiger partial charge in [-0.15, -0.1) is 0 Å². The number of hydrogen-bond donors (Lipinski definition) is 3. The maximum atomic E-state index is 12.0. The average Bonchev–Trinajstić information content (AvgIpc) is 2.73. The van der Waals surface area contributed by atoms with E-state index in [1.807, 2.05) is 48.5 Å². The normalized spacial score (nSPS) is 10.3. The van der Waals surface area contributed by atoms with Crippen molar-refractivity contribution in [2.24, 2.45) is 0 Å². The number of amides is 1. The zero-order valence-electron chi connectivity index (χ0n) is 15.5. The number of hydrogen-bond acceptors (Lipinski definition) is 4. The molecule has 140 valence electrons. The first-order valence-corrected chi connectivity index (χ1v) is 8.78. The fraction of sp³-hybridized carbons (Fsp3) is 0.0870. The summed E-state index contributed by atoms with van der Waals surface area (Å²) in [6.45, 7) is 0.671. The first-order chi connectivity index (χ1) is 13.6. The maximum Gasteiger partial charge on any atom is 0.248 e. The van der Waals surface area contributed by atoms with Gasteiger partial charge >= 0.3 is 0 Å². The van der Waals surface area contributed by atoms with Crippen LogP contribution in [0.1, 0.15) is 11.1 Å². The standard InChI is InChI=1S/C23H21N3O2/c1-28-20-13-8-18(9-14-20)16-25-19-11-6-17(7-12-19)10-15-23(27)26-22-5-3-2-4-21(22)24/h2-6,8-11,13-15,25H,16,24H2,1H3,(H,26,27)/b15-10+. The molecule has 28 heavy (non-hydrogen) atoms. The minimum atomic E-state index is -0.256. The van der Waals surface area contributed by atoms with Crippen molar-refractivity contribution in [2.75, 3.05) is 23.5 Å². The number of para-hydroxylation sites is 2. The lowest BCUT2D eigenvalue weighted by molar-refractivity contribution is -0.111. The third-order valence-corrected chi connectivity index (χ3v) is 4.05. The predicted molar refractivity (Wildman–Crippen MR) is 113 cm³/mol. The third-order valence-electron chi connectivity index (χ3n) is 4.05. The molecule has 5 heteroatoms. The minimum absolute atomic E-state index is 0.256. The van der Waals surface area contributed by atoms with Crippen LogP contribution in [0.15, 0.2) is 66.7 Å². The number of methoxy groups -OCH3 is 1. The summed E-state index contributed by atoms with van der Waals surface area (Å²) in [7, 11) is 1.65. The van der Waals surface area contributed by atoms with Gasteiger partial charge in [-0.3, -0.25) is 4.79 Å². The van der Waals surface area contributed by atoms with Crippen LogP contribution >= 0.6 is 0 Å². The van der Waals surface area contributed by atoms with Crippen molar-refractivity contribution in [2.45, 2.75) is 6.54 Å². The molecule has 0 atom stereocenters. The summed E-state index contributed by atoms with van der Waals surface area (Å²) in [6, 6.07) is 24.8. The lowest BCUT2D eigenvalue weighted by Gasteiger charge is -2.06. The highest BCUT2D eigenvalue weighted by molar-refractivity contribution is 6.03. The second-order valence-electron chi connectivity index (χ2n) is 6.06. The van der Waals surface area contributed by atoms with Crippen LogP contribution < -0.4 is 21.1 Å². The Labute approximate surface area is 164 Å². The molecule has 3 aromatic rings. The van der Waals surface area contributed by atoms with E-state index in [2.05, 4.69) is 22.8 Å². The smallest absolute Gasteiger partial charge is 0.248 e. The molecule has 5 nitrogen and oxygen atoms in total. The molecule has 0 aromatic heterocycles. The molecule has 3 aromatic carbocycles. The molecule has 0 aliphatic heterocycles. The number of ether oxygens (including phenoxy) is 1. The van der Waals surface area contributed by atoms with E-state index in [1.54, 1.807) is 25.3 Å². The molecule has 0 unspecified atom stereocenters. The highest BCUT2D eigenvalue weighted by Gasteiger charge is 2.01. The first-order valence-electron chi connectivity index (χ1n) is 8.78. The van der Waals surface area contributed by atoms with Gasteiger partial charge < -0.3 is 21.1 Å². The van der Waals surface area contributed by atoms with E-state index in [9.17, 15) is 4.79 Å². The molecule has 3 rings (SSSR count). The SMILES string of the molecule is COc1ccc(CNc2c#cc(/C=C/C(=O)Nc3ccccc3N)cc2)cc1. The van der Waals surface area contributed by atoms with Crippen molar-refractivity contribution >= 4 is 29.0 Å². The lowest BCUT2D eigenvalue weighted by atomic mass is 10.2. The summed E-state index contributed by atoms with van der Waals surface area (Å²) in [6.07, 6.45) is 3.12. The summed E-state index contributed by atoms with van der Waals surface area (Å²) >= 11 is 0. The zero-order chi connectivity index (χ0) is 19.8. The van der Waals surface area contributed by atoms with Gasteiger partial charge in [0, 0.05) is 18.2 Å². The van der Waals surface area contributed by atoms with Gasteiger partial charge in [-0.1, -0.05) is 30.3 Å². The predicted octanol–water partition coefficient (Wildman–Crippen LogP) is 4.14. The van der Waals surface area contributed by atoms with E-state index in [-0.39, 0.29) is 5.91 Å². The van der Waals surface area contributed by atoms with Crippen LogP contribution in [0.2, 0.25) is 0 Å². The number of benzene rings is 2. The molecule has 0 bridgehead atoms. The number of nitrogens with one attached hydrogen (secondary N) is 2. The first kappa shape index (κ1) is 18.9. The number of carbonyl (C=O) groups excluding carboxylic acids is 1. The number of rotatable bonds is 7. The molecule has 0 heterocycles. The Morgan fingerprint density at radius 1 is 1.07 bits per heavy atom. The van der Waals surface area contributed by atoms with Crippen LogP contribution in [0, 0.1) is 12.1 Å². The molecular weight excluding hydrogens is 350 g/mol. The van der Waals surface area contributed by atoms with Crippen LogP contribution in [-0.4, -0.2) is 13.0 Å². The fourth-order valence-corrected chi connectivity index (χ4v) is 2.49. The molecule has 1 amide bonds. The number of anilines is 3. The molecule has 0 spiro atoms. The fourth-order valence-electron chi connectivity index (χ4n) is 2.49. The summed E-state index contributed by atoms with van der Waals surface area (Å²) in [5.41, 5.74) is 9.65. The van der Waals surface area contributed by atoms with Gasteiger partial charge in [0.1, 0.15) is 5.75 Å². The molecule has 0 radical (unpaired) electrons. The summed E-state index contributed by atoms with van der Waals surface area (Å²) in [4.78, 5) is 12.0. The highest BCUT2D eigenvalue weighted by Crippen LogP contribution is 2.17. The van der Waals surface area contributed by atoms with Crippen LogP contribution in [-0.2, 0) is 11.3 Å². The van der Waals surface area contributed by atoms with E-state index < -0.39 is 0 Å². The largest absolute Gasteiger partial charge is 0.497 e. The Morgan fingerprint density at radius 2 is 1.86 bits per heavy atom. The summed E-state index contributed by atoms with van der Waals surface area (Å²) in [5.74, 6) is 0.576. The van der Waals surface area contributed by atoms with Crippen molar-refractivity contribution in [1.82, 2.24) is 0 Å². The van der Waals surface area contributed by atoms with Gasteiger partial charge in [-0.25, -0.2) is 0 Å². The maximum absolute atomic E-state index is 12.0. The van der Waals surface area contributed by atoms with Gasteiger partial charge in [0.25, 0.3) is 0 Å². The third kappa shape index (κ3) is 5.29. The van der Waals surface area contributed by atoms with Crippen molar-refractivity contribution < 1.29 is 9.53 Å². The topological polar surface area (TPSA) is 76.4 Å². The van der Waals surface area contributed by atoms with E-state index >= 15 is 0 Å². The number of carbonyl (C=O) groups is 1. The molecule has 0 aliphatic carbocycles. The second-order valence-corrected chi connectivity index (χ2v) is 6.06. The van der Waals surface area contributed by atoms with Crippen molar-refractivity contribution in [3.05, 3.63) is 90.0 Å². The molecule has 0 saturated carbocycles. The van der Waals surface area contributed by atoms with E-state index in [0.29, 0.717) is 17.9 Å². The van der Waals surface area contributed by atoms with Crippen molar-refractivity contribution in [3.63, 3.8) is 0 Å². The van der Waals surface area contributed by atoms with E-state index in [1.165, 1.54) is 6.08 Å². The molecule has 0 fully saturated rings. The van der Waals surface area contributed by atoms with Gasteiger partial charge in [-0.2, -0.15) is 0 Å². The molecule has 0 aliphatic rings. The van der Waals surface area contributed by atoms with Gasteiger partial charge in [-0.05, 0) is 54.1 Å². The van der Waals surface area contributed by atoms with Crippen LogP contribution in [0.5, 0.6) is 5.75 Å². The Hall–Kier alpha value is -3.91. The van der Waals surface area contributed by atoms with Gasteiger partial charge in [0.2, 0.25) is 5.91 Å². The highest BCUT2D eigenvalue weighted by atomic mass is 16.5. The minimum Gasteiger partial charge on any atom is -0.497 e. The molecule has 0 saturated heterocycles. The summed E-state index contributed by atoms with van der Waals surface area (Å²) in [5, 5.41) is 6.03. The Kier molecular flexibility index (Phi) is 6.17. The number of nitrogens with two attached hydrogens (primary N) is 1. The Morgan fingerprint density at radius 3 is 2.54 bits per heavy atom. The average molecular weight is 371 g/mol. The van der Waals surface area contributed by atoms with Crippen molar-refractivity contribution in [1.29, 1.82) is 0 Å². The molecular formula is C23H21N3O2. The van der Waals surface area contributed by atoms with E-state index in [4.69, 9.17) is 10.5 Å². The van der Waals surface area contributed by atoms with Gasteiger partial charge in [0.05, 0.1) is 24.2 Å². The Balaban J connectivity index is 1.52. The summed E-state index contributed by atoms with van der Waals surface area (Å²) < 4.78 is 5.15. The lowest BCUT2D eigenvalue weighted by Crippen LogP contribution is -2.09. The Bertz CT molecular complexity index is 948. The van der Waals surface area contributed by atoms with Gasteiger partial charge in [0.15, 0.2) is 0 Å². The van der Waals surface area contributed by atoms with Crippen LogP contribution in [0.25, 0.3) is 6.08 Å². The van der Waals surface area contributed by atoms with Crippen LogP contribution in [0.3, 0.4) is 0 Å². The van der Waals surface area contributed by atoms with E-state index in [0.717, 1.165) is 22.6 Å². The van der Waals surface area contributed by atoms with Crippen LogP contribution in [0.4, 0.5) is 17.1 Å². The quantitative estimate of drug-likeness (QED) is 0.431. The second kappa shape index (κ2) is 9.15.